The molecule has 20 heavy (non-hydrogen) atoms. The number of nitrogens with zero attached hydrogens (tertiary/aromatic N) is 3. The molecule has 1 aliphatic heterocycles. The van der Waals surface area contributed by atoms with Crippen LogP contribution in [-0.2, 0) is 25.9 Å². The molecule has 106 valence electrons. The number of anilines is 1. The number of hydrogen-bond acceptors (Lipinski definition) is 3. The molecule has 2 aromatic rings. The van der Waals surface area contributed by atoms with Crippen LogP contribution in [-0.4, -0.2) is 14.8 Å². The highest BCUT2D eigenvalue weighted by Gasteiger charge is 2.12. The second-order valence-electron chi connectivity index (χ2n) is 5.34. The van der Waals surface area contributed by atoms with Gasteiger partial charge in [0.25, 0.3) is 0 Å². The summed E-state index contributed by atoms with van der Waals surface area (Å²) in [4.78, 5) is 4.67. The van der Waals surface area contributed by atoms with E-state index in [0.717, 1.165) is 31.0 Å². The maximum atomic E-state index is 4.67. The van der Waals surface area contributed by atoms with Crippen molar-refractivity contribution in [2.75, 3.05) is 5.32 Å². The Bertz CT molecular complexity index is 550. The summed E-state index contributed by atoms with van der Waals surface area (Å²) < 4.78 is 2.09. The molecule has 0 radical (unpaired) electrons. The zero-order valence-corrected chi connectivity index (χ0v) is 12.1. The lowest BCUT2D eigenvalue weighted by atomic mass is 10.1. The van der Waals surface area contributed by atoms with Crippen molar-refractivity contribution >= 4 is 5.69 Å². The van der Waals surface area contributed by atoms with Gasteiger partial charge in [0.1, 0.15) is 5.82 Å². The maximum Gasteiger partial charge on any atom is 0.169 e. The third-order valence-corrected chi connectivity index (χ3v) is 3.90. The van der Waals surface area contributed by atoms with E-state index in [1.165, 1.54) is 30.5 Å². The quantitative estimate of drug-likeness (QED) is 0.928. The zero-order chi connectivity index (χ0) is 13.8. The normalized spacial score (nSPS) is 14.7. The standard InChI is InChI=1S/C16H22N4/c1-2-13-8-5-6-9-14(13)17-12-15-18-16-10-4-3-7-11-20(16)19-15/h5-6,8-9,17H,2-4,7,10-12H2,1H3. The molecule has 1 aliphatic rings. The van der Waals surface area contributed by atoms with Gasteiger partial charge >= 0.3 is 0 Å². The molecule has 0 aliphatic carbocycles. The van der Waals surface area contributed by atoms with Crippen LogP contribution in [0.15, 0.2) is 24.3 Å². The van der Waals surface area contributed by atoms with Gasteiger partial charge in [0, 0.05) is 18.7 Å². The minimum atomic E-state index is 0.705. The SMILES string of the molecule is CCc1ccccc1NCc1nc2n(n1)CCCCC2. The molecule has 0 spiro atoms. The minimum absolute atomic E-state index is 0.705. The molecule has 0 atom stereocenters. The molecule has 0 saturated heterocycles. The summed E-state index contributed by atoms with van der Waals surface area (Å²) in [5, 5.41) is 8.09. The highest BCUT2D eigenvalue weighted by Crippen LogP contribution is 2.17. The van der Waals surface area contributed by atoms with Gasteiger partial charge in [0.2, 0.25) is 0 Å². The van der Waals surface area contributed by atoms with Gasteiger partial charge < -0.3 is 5.32 Å². The highest BCUT2D eigenvalue weighted by atomic mass is 15.4. The van der Waals surface area contributed by atoms with Crippen molar-refractivity contribution in [2.45, 2.75) is 52.1 Å². The van der Waals surface area contributed by atoms with Gasteiger partial charge in [-0.25, -0.2) is 9.67 Å². The van der Waals surface area contributed by atoms with E-state index >= 15 is 0 Å². The monoisotopic (exact) mass is 270 g/mol. The Labute approximate surface area is 120 Å². The van der Waals surface area contributed by atoms with Gasteiger partial charge in [0.15, 0.2) is 5.82 Å². The van der Waals surface area contributed by atoms with Crippen LogP contribution in [0, 0.1) is 0 Å². The molecule has 4 heteroatoms. The smallest absolute Gasteiger partial charge is 0.169 e. The molecule has 0 fully saturated rings. The van der Waals surface area contributed by atoms with Crippen molar-refractivity contribution < 1.29 is 0 Å². The summed E-state index contributed by atoms with van der Waals surface area (Å²) in [6, 6.07) is 8.44. The van der Waals surface area contributed by atoms with Gasteiger partial charge in [0.05, 0.1) is 6.54 Å². The molecule has 2 heterocycles. The number of para-hydroxylation sites is 1. The molecule has 1 aromatic heterocycles. The molecule has 0 saturated carbocycles. The fourth-order valence-electron chi connectivity index (χ4n) is 2.76. The number of benzene rings is 1. The van der Waals surface area contributed by atoms with Crippen molar-refractivity contribution in [3.05, 3.63) is 41.5 Å². The third-order valence-electron chi connectivity index (χ3n) is 3.90. The fourth-order valence-corrected chi connectivity index (χ4v) is 2.76. The van der Waals surface area contributed by atoms with Gasteiger partial charge in [-0.15, -0.1) is 0 Å². The summed E-state index contributed by atoms with van der Waals surface area (Å²) in [5.74, 6) is 2.07. The van der Waals surface area contributed by atoms with Crippen molar-refractivity contribution in [1.82, 2.24) is 14.8 Å². The van der Waals surface area contributed by atoms with Crippen LogP contribution in [0.1, 0.15) is 43.4 Å². The van der Waals surface area contributed by atoms with Crippen molar-refractivity contribution in [3.63, 3.8) is 0 Å². The second-order valence-corrected chi connectivity index (χ2v) is 5.34. The van der Waals surface area contributed by atoms with E-state index in [0.29, 0.717) is 6.54 Å². The van der Waals surface area contributed by atoms with Crippen LogP contribution in [0.2, 0.25) is 0 Å². The van der Waals surface area contributed by atoms with Crippen molar-refractivity contribution in [2.24, 2.45) is 0 Å². The first kappa shape index (κ1) is 13.2. The molecule has 3 rings (SSSR count). The Kier molecular flexibility index (Phi) is 4.00. The Morgan fingerprint density at radius 3 is 3.00 bits per heavy atom. The average molecular weight is 270 g/mol. The lowest BCUT2D eigenvalue weighted by Gasteiger charge is -2.08. The topological polar surface area (TPSA) is 42.7 Å². The fraction of sp³-hybridized carbons (Fsp3) is 0.500. The first-order valence-corrected chi connectivity index (χ1v) is 7.61. The first-order valence-electron chi connectivity index (χ1n) is 7.61. The largest absolute Gasteiger partial charge is 0.377 e. The minimum Gasteiger partial charge on any atom is -0.377 e. The summed E-state index contributed by atoms with van der Waals surface area (Å²) in [7, 11) is 0. The van der Waals surface area contributed by atoms with Crippen LogP contribution in [0.3, 0.4) is 0 Å². The maximum absolute atomic E-state index is 4.67. The lowest BCUT2D eigenvalue weighted by Crippen LogP contribution is -2.05. The first-order chi connectivity index (χ1) is 9.86. The van der Waals surface area contributed by atoms with E-state index in [2.05, 4.69) is 51.3 Å². The van der Waals surface area contributed by atoms with Crippen LogP contribution in [0.4, 0.5) is 5.69 Å². The van der Waals surface area contributed by atoms with E-state index in [-0.39, 0.29) is 0 Å². The number of aryl methyl sites for hydroxylation is 3. The van der Waals surface area contributed by atoms with E-state index in [1.54, 1.807) is 0 Å². The van der Waals surface area contributed by atoms with Crippen LogP contribution >= 0.6 is 0 Å². The Hall–Kier alpha value is -1.84. The summed E-state index contributed by atoms with van der Waals surface area (Å²) in [6.07, 6.45) is 5.86. The lowest BCUT2D eigenvalue weighted by molar-refractivity contribution is 0.570. The molecule has 0 amide bonds. The van der Waals surface area contributed by atoms with Crippen LogP contribution in [0.5, 0.6) is 0 Å². The summed E-state index contributed by atoms with van der Waals surface area (Å²) in [6.45, 7) is 3.91. The third kappa shape index (κ3) is 2.84. The Morgan fingerprint density at radius 2 is 2.10 bits per heavy atom. The predicted molar refractivity (Wildman–Crippen MR) is 80.7 cm³/mol. The van der Waals surface area contributed by atoms with Gasteiger partial charge in [-0.1, -0.05) is 31.5 Å². The number of nitrogens with one attached hydrogen (secondary N) is 1. The molecule has 4 nitrogen and oxygen atoms in total. The molecular formula is C16H22N4. The highest BCUT2D eigenvalue weighted by molar-refractivity contribution is 5.50. The predicted octanol–water partition coefficient (Wildman–Crippen LogP) is 3.18. The van der Waals surface area contributed by atoms with Crippen molar-refractivity contribution in [1.29, 1.82) is 0 Å². The molecule has 1 N–H and O–H groups in total. The van der Waals surface area contributed by atoms with Crippen LogP contribution < -0.4 is 5.32 Å². The van der Waals surface area contributed by atoms with Gasteiger partial charge in [-0.05, 0) is 30.9 Å². The molecular weight excluding hydrogens is 248 g/mol. The average Bonchev–Trinajstić information content (AvgIpc) is 2.75. The zero-order valence-electron chi connectivity index (χ0n) is 12.1. The van der Waals surface area contributed by atoms with E-state index < -0.39 is 0 Å². The number of rotatable bonds is 4. The second kappa shape index (κ2) is 6.07. The number of hydrogen-bond donors (Lipinski definition) is 1. The Balaban J connectivity index is 1.69. The summed E-state index contributed by atoms with van der Waals surface area (Å²) in [5.41, 5.74) is 2.54. The van der Waals surface area contributed by atoms with Crippen LogP contribution in [0.25, 0.3) is 0 Å². The molecule has 1 aromatic carbocycles. The van der Waals surface area contributed by atoms with Gasteiger partial charge in [-0.3, -0.25) is 0 Å². The van der Waals surface area contributed by atoms with Crippen molar-refractivity contribution in [3.8, 4) is 0 Å². The van der Waals surface area contributed by atoms with E-state index in [9.17, 15) is 0 Å². The number of aromatic nitrogens is 3. The molecule has 0 bridgehead atoms. The van der Waals surface area contributed by atoms with Gasteiger partial charge in [-0.2, -0.15) is 5.10 Å². The van der Waals surface area contributed by atoms with E-state index in [1.807, 2.05) is 0 Å². The summed E-state index contributed by atoms with van der Waals surface area (Å²) >= 11 is 0. The number of fused-ring (bicyclic) bond motifs is 1. The Morgan fingerprint density at radius 1 is 1.20 bits per heavy atom. The molecule has 0 unspecified atom stereocenters. The van der Waals surface area contributed by atoms with E-state index in [4.69, 9.17) is 0 Å².